The van der Waals surface area contributed by atoms with E-state index in [2.05, 4.69) is 10.6 Å². The number of carbonyl (C=O) groups excluding carboxylic acids is 1. The zero-order valence-electron chi connectivity index (χ0n) is 13.3. The second kappa shape index (κ2) is 7.34. The molecule has 1 aliphatic carbocycles. The third-order valence-electron chi connectivity index (χ3n) is 4.54. The Kier molecular flexibility index (Phi) is 5.68. The van der Waals surface area contributed by atoms with Crippen LogP contribution >= 0.6 is 0 Å². The van der Waals surface area contributed by atoms with Gasteiger partial charge in [0.15, 0.2) is 0 Å². The lowest BCUT2D eigenvalue weighted by Crippen LogP contribution is -2.47. The largest absolute Gasteiger partial charge is 0.416 e. The van der Waals surface area contributed by atoms with E-state index in [0.717, 1.165) is 31.4 Å². The van der Waals surface area contributed by atoms with Crippen LogP contribution < -0.4 is 10.6 Å². The maximum Gasteiger partial charge on any atom is 0.416 e. The van der Waals surface area contributed by atoms with Crippen LogP contribution in [0, 0.1) is 0 Å². The second-order valence-electron chi connectivity index (χ2n) is 6.08. The number of benzene rings is 1. The molecule has 3 nitrogen and oxygen atoms in total. The van der Waals surface area contributed by atoms with Gasteiger partial charge < -0.3 is 10.6 Å². The van der Waals surface area contributed by atoms with Crippen molar-refractivity contribution in [2.24, 2.45) is 0 Å². The Bertz CT molecular complexity index is 537. The summed E-state index contributed by atoms with van der Waals surface area (Å²) in [6.45, 7) is 1.10. The summed E-state index contributed by atoms with van der Waals surface area (Å²) in [6, 6.07) is 5.25. The number of hydrogen-bond donors (Lipinski definition) is 2. The first kappa shape index (κ1) is 17.8. The molecule has 0 aromatic heterocycles. The molecule has 2 rings (SSSR count). The van der Waals surface area contributed by atoms with Crippen molar-refractivity contribution in [3.8, 4) is 0 Å². The van der Waals surface area contributed by atoms with E-state index in [4.69, 9.17) is 0 Å². The van der Waals surface area contributed by atoms with Crippen LogP contribution in [0.4, 0.5) is 13.2 Å². The van der Waals surface area contributed by atoms with E-state index < -0.39 is 17.2 Å². The van der Waals surface area contributed by atoms with Crippen LogP contribution in [-0.2, 0) is 16.4 Å². The van der Waals surface area contributed by atoms with Crippen molar-refractivity contribution in [3.63, 3.8) is 0 Å². The van der Waals surface area contributed by atoms with Gasteiger partial charge in [0, 0.05) is 13.1 Å². The number of likely N-dealkylation sites (N-methyl/N-ethyl adjacent to an activating group) is 1. The van der Waals surface area contributed by atoms with Gasteiger partial charge in [0.05, 0.1) is 11.0 Å². The number of halogens is 3. The van der Waals surface area contributed by atoms with Gasteiger partial charge in [-0.25, -0.2) is 0 Å². The molecule has 128 valence electrons. The molecule has 0 heterocycles. The molecule has 0 unspecified atom stereocenters. The Labute approximate surface area is 134 Å². The molecule has 0 spiro atoms. The van der Waals surface area contributed by atoms with Gasteiger partial charge in [-0.2, -0.15) is 13.2 Å². The van der Waals surface area contributed by atoms with Gasteiger partial charge in [0.25, 0.3) is 0 Å². The monoisotopic (exact) mass is 328 g/mol. The van der Waals surface area contributed by atoms with Crippen molar-refractivity contribution in [2.75, 3.05) is 20.1 Å². The fraction of sp³-hybridized carbons (Fsp3) is 0.588. The Morgan fingerprint density at radius 3 is 2.48 bits per heavy atom. The van der Waals surface area contributed by atoms with Crippen LogP contribution in [0.15, 0.2) is 24.3 Å². The molecule has 6 heteroatoms. The van der Waals surface area contributed by atoms with Crippen LogP contribution in [0.2, 0.25) is 0 Å². The van der Waals surface area contributed by atoms with Gasteiger partial charge in [0.1, 0.15) is 0 Å². The topological polar surface area (TPSA) is 41.1 Å². The summed E-state index contributed by atoms with van der Waals surface area (Å²) in [5.41, 5.74) is -1.05. The van der Waals surface area contributed by atoms with E-state index in [1.807, 2.05) is 0 Å². The average molecular weight is 328 g/mol. The Morgan fingerprint density at radius 2 is 1.87 bits per heavy atom. The molecule has 0 radical (unpaired) electrons. The lowest BCUT2D eigenvalue weighted by molar-refractivity contribution is -0.138. The van der Waals surface area contributed by atoms with Crippen molar-refractivity contribution in [1.29, 1.82) is 0 Å². The highest BCUT2D eigenvalue weighted by atomic mass is 19.4. The summed E-state index contributed by atoms with van der Waals surface area (Å²) in [4.78, 5) is 12.7. The Morgan fingerprint density at radius 1 is 1.17 bits per heavy atom. The number of alkyl halides is 3. The van der Waals surface area contributed by atoms with E-state index in [0.29, 0.717) is 31.5 Å². The highest BCUT2D eigenvalue weighted by Gasteiger charge is 2.42. The molecule has 0 bridgehead atoms. The number of nitrogens with one attached hydrogen (secondary N) is 2. The van der Waals surface area contributed by atoms with Gasteiger partial charge in [-0.05, 0) is 31.5 Å². The summed E-state index contributed by atoms with van der Waals surface area (Å²) in [5.74, 6) is -0.160. The third kappa shape index (κ3) is 4.05. The Balaban J connectivity index is 2.33. The maximum atomic E-state index is 13.0. The number of rotatable bonds is 5. The molecular weight excluding hydrogens is 305 g/mol. The van der Waals surface area contributed by atoms with Crippen LogP contribution in [0.5, 0.6) is 0 Å². The summed E-state index contributed by atoms with van der Waals surface area (Å²) in [6.07, 6.45) is -0.468. The summed E-state index contributed by atoms with van der Waals surface area (Å²) < 4.78 is 39.0. The molecule has 1 aliphatic rings. The van der Waals surface area contributed by atoms with Crippen LogP contribution in [0.3, 0.4) is 0 Å². The molecule has 1 aromatic carbocycles. The SMILES string of the molecule is CNCCNC(=O)C1(c2cccc(C(F)(F)F)c2)CCCCC1. The highest BCUT2D eigenvalue weighted by Crippen LogP contribution is 2.41. The van der Waals surface area contributed by atoms with Crippen LogP contribution in [0.25, 0.3) is 0 Å². The van der Waals surface area contributed by atoms with Gasteiger partial charge in [-0.15, -0.1) is 0 Å². The lowest BCUT2D eigenvalue weighted by Gasteiger charge is -2.36. The van der Waals surface area contributed by atoms with Gasteiger partial charge in [-0.1, -0.05) is 37.5 Å². The second-order valence-corrected chi connectivity index (χ2v) is 6.08. The molecular formula is C17H23F3N2O. The van der Waals surface area contributed by atoms with Crippen LogP contribution in [0.1, 0.15) is 43.2 Å². The van der Waals surface area contributed by atoms with E-state index in [-0.39, 0.29) is 5.91 Å². The molecule has 1 saturated carbocycles. The lowest BCUT2D eigenvalue weighted by atomic mass is 9.68. The summed E-state index contributed by atoms with van der Waals surface area (Å²) in [5, 5.41) is 5.81. The molecule has 1 aromatic rings. The minimum absolute atomic E-state index is 0.160. The summed E-state index contributed by atoms with van der Waals surface area (Å²) in [7, 11) is 1.79. The first-order valence-electron chi connectivity index (χ1n) is 8.01. The van der Waals surface area contributed by atoms with Crippen molar-refractivity contribution in [3.05, 3.63) is 35.4 Å². The van der Waals surface area contributed by atoms with E-state index in [9.17, 15) is 18.0 Å². The predicted molar refractivity (Wildman–Crippen MR) is 83.1 cm³/mol. The minimum Gasteiger partial charge on any atom is -0.354 e. The third-order valence-corrected chi connectivity index (χ3v) is 4.54. The molecule has 23 heavy (non-hydrogen) atoms. The first-order chi connectivity index (χ1) is 10.9. The molecule has 0 aliphatic heterocycles. The van der Waals surface area contributed by atoms with E-state index >= 15 is 0 Å². The predicted octanol–water partition coefficient (Wildman–Crippen LogP) is 3.24. The number of hydrogen-bond acceptors (Lipinski definition) is 2. The molecule has 2 N–H and O–H groups in total. The molecule has 1 fully saturated rings. The zero-order valence-corrected chi connectivity index (χ0v) is 13.3. The van der Waals surface area contributed by atoms with Crippen LogP contribution in [-0.4, -0.2) is 26.0 Å². The smallest absolute Gasteiger partial charge is 0.354 e. The average Bonchev–Trinajstić information content (AvgIpc) is 2.55. The molecule has 0 saturated heterocycles. The number of amides is 1. The quantitative estimate of drug-likeness (QED) is 0.815. The normalized spacial score (nSPS) is 17.7. The fourth-order valence-electron chi connectivity index (χ4n) is 3.27. The zero-order chi connectivity index (χ0) is 16.9. The fourth-order valence-corrected chi connectivity index (χ4v) is 3.27. The standard InChI is InChI=1S/C17H23F3N2O/c1-21-10-11-22-15(23)16(8-3-2-4-9-16)13-6-5-7-14(12-13)17(18,19)20/h5-7,12,21H,2-4,8-11H2,1H3,(H,22,23). The van der Waals surface area contributed by atoms with Crippen molar-refractivity contribution < 1.29 is 18.0 Å². The summed E-state index contributed by atoms with van der Waals surface area (Å²) >= 11 is 0. The highest BCUT2D eigenvalue weighted by molar-refractivity contribution is 5.88. The van der Waals surface area contributed by atoms with Gasteiger partial charge in [0.2, 0.25) is 5.91 Å². The van der Waals surface area contributed by atoms with Crippen molar-refractivity contribution >= 4 is 5.91 Å². The van der Waals surface area contributed by atoms with Crippen molar-refractivity contribution in [1.82, 2.24) is 10.6 Å². The van der Waals surface area contributed by atoms with Gasteiger partial charge >= 0.3 is 6.18 Å². The molecule has 0 atom stereocenters. The van der Waals surface area contributed by atoms with E-state index in [1.54, 1.807) is 13.1 Å². The Hall–Kier alpha value is -1.56. The van der Waals surface area contributed by atoms with Crippen molar-refractivity contribution in [2.45, 2.75) is 43.7 Å². The molecule has 1 amide bonds. The first-order valence-corrected chi connectivity index (χ1v) is 8.01. The van der Waals surface area contributed by atoms with E-state index in [1.165, 1.54) is 6.07 Å². The van der Waals surface area contributed by atoms with Gasteiger partial charge in [-0.3, -0.25) is 4.79 Å². The maximum absolute atomic E-state index is 13.0. The number of carbonyl (C=O) groups is 1. The minimum atomic E-state index is -4.39.